The van der Waals surface area contributed by atoms with Crippen LogP contribution in [0.1, 0.15) is 30.6 Å². The van der Waals surface area contributed by atoms with Gasteiger partial charge in [-0.05, 0) is 31.5 Å². The number of rotatable bonds is 2. The molecular weight excluding hydrogens is 299 g/mol. The Hall–Kier alpha value is -1.76. The minimum Gasteiger partial charge on any atom is -0.464 e. The molecule has 3 atom stereocenters. The highest BCUT2D eigenvalue weighted by Crippen LogP contribution is 2.46. The number of esters is 1. The Kier molecular flexibility index (Phi) is 3.76. The van der Waals surface area contributed by atoms with Gasteiger partial charge in [0.1, 0.15) is 6.04 Å². The van der Waals surface area contributed by atoms with Gasteiger partial charge in [0.2, 0.25) is 0 Å². The lowest BCUT2D eigenvalue weighted by molar-refractivity contribution is -0.146. The molecule has 120 valence electrons. The Morgan fingerprint density at radius 3 is 2.91 bits per heavy atom. The third-order valence-corrected chi connectivity index (χ3v) is 4.10. The summed E-state index contributed by atoms with van der Waals surface area (Å²) in [4.78, 5) is 12.1. The fraction of sp³-hybridized carbons (Fsp3) is 0.533. The van der Waals surface area contributed by atoms with E-state index >= 15 is 0 Å². The van der Waals surface area contributed by atoms with E-state index < -0.39 is 29.9 Å². The Bertz CT molecular complexity index is 588. The summed E-state index contributed by atoms with van der Waals surface area (Å²) in [5.41, 5.74) is 0.240. The third kappa shape index (κ3) is 2.54. The van der Waals surface area contributed by atoms with Crippen molar-refractivity contribution in [3.63, 3.8) is 0 Å². The van der Waals surface area contributed by atoms with Gasteiger partial charge in [-0.15, -0.1) is 0 Å². The van der Waals surface area contributed by atoms with Gasteiger partial charge in [-0.25, -0.2) is 4.79 Å². The summed E-state index contributed by atoms with van der Waals surface area (Å²) in [7, 11) is 0. The average Bonchev–Trinajstić information content (AvgIpc) is 2.94. The van der Waals surface area contributed by atoms with Crippen molar-refractivity contribution >= 4 is 11.7 Å². The minimum atomic E-state index is -4.40. The van der Waals surface area contributed by atoms with Crippen molar-refractivity contribution in [1.82, 2.24) is 0 Å². The number of hydrogen-bond donors (Lipinski definition) is 1. The van der Waals surface area contributed by atoms with Crippen LogP contribution in [0, 0.1) is 5.92 Å². The Morgan fingerprint density at radius 2 is 2.23 bits per heavy atom. The first kappa shape index (κ1) is 15.1. The van der Waals surface area contributed by atoms with E-state index in [-0.39, 0.29) is 12.5 Å². The van der Waals surface area contributed by atoms with E-state index in [1.54, 1.807) is 6.92 Å². The Morgan fingerprint density at radius 1 is 1.45 bits per heavy atom. The van der Waals surface area contributed by atoms with Crippen LogP contribution >= 0.6 is 0 Å². The van der Waals surface area contributed by atoms with E-state index in [1.165, 1.54) is 6.07 Å². The van der Waals surface area contributed by atoms with Crippen molar-refractivity contribution in [2.45, 2.75) is 31.7 Å². The van der Waals surface area contributed by atoms with Crippen LogP contribution < -0.4 is 5.32 Å². The molecule has 1 aromatic carbocycles. The van der Waals surface area contributed by atoms with Crippen LogP contribution in [0.15, 0.2) is 18.2 Å². The normalized spacial score (nSPS) is 26.8. The lowest BCUT2D eigenvalue weighted by Crippen LogP contribution is -2.43. The molecule has 0 saturated carbocycles. The molecule has 0 spiro atoms. The van der Waals surface area contributed by atoms with Crippen molar-refractivity contribution in [2.75, 3.05) is 18.5 Å². The molecular formula is C15H16F3NO3. The molecule has 0 aliphatic carbocycles. The van der Waals surface area contributed by atoms with Crippen LogP contribution in [0.4, 0.5) is 18.9 Å². The van der Waals surface area contributed by atoms with Crippen LogP contribution in [0.2, 0.25) is 0 Å². The number of benzene rings is 1. The molecule has 2 aliphatic heterocycles. The van der Waals surface area contributed by atoms with Crippen molar-refractivity contribution in [3.8, 4) is 0 Å². The zero-order valence-corrected chi connectivity index (χ0v) is 11.9. The number of carbonyl (C=O) groups is 1. The minimum absolute atomic E-state index is 0.213. The first-order valence-corrected chi connectivity index (χ1v) is 7.17. The molecule has 22 heavy (non-hydrogen) atoms. The van der Waals surface area contributed by atoms with Crippen molar-refractivity contribution in [2.24, 2.45) is 5.92 Å². The highest BCUT2D eigenvalue weighted by Gasteiger charge is 2.45. The quantitative estimate of drug-likeness (QED) is 0.852. The van der Waals surface area contributed by atoms with E-state index in [2.05, 4.69) is 5.32 Å². The molecule has 2 heterocycles. The smallest absolute Gasteiger partial charge is 0.416 e. The first-order chi connectivity index (χ1) is 10.4. The predicted octanol–water partition coefficient (Wildman–Crippen LogP) is 3.14. The molecule has 7 heteroatoms. The van der Waals surface area contributed by atoms with E-state index in [4.69, 9.17) is 9.47 Å². The number of anilines is 1. The van der Waals surface area contributed by atoms with Crippen LogP contribution in [0.5, 0.6) is 0 Å². The second-order valence-electron chi connectivity index (χ2n) is 5.42. The molecule has 2 aliphatic rings. The van der Waals surface area contributed by atoms with Gasteiger partial charge in [-0.1, -0.05) is 0 Å². The largest absolute Gasteiger partial charge is 0.464 e. The molecule has 3 unspecified atom stereocenters. The number of hydrogen-bond acceptors (Lipinski definition) is 4. The lowest BCUT2D eigenvalue weighted by atomic mass is 9.83. The fourth-order valence-corrected chi connectivity index (χ4v) is 3.11. The second-order valence-corrected chi connectivity index (χ2v) is 5.42. The molecule has 0 amide bonds. The molecule has 1 aromatic rings. The maximum atomic E-state index is 12.9. The maximum absolute atomic E-state index is 12.9. The predicted molar refractivity (Wildman–Crippen MR) is 72.3 cm³/mol. The van der Waals surface area contributed by atoms with Gasteiger partial charge >= 0.3 is 12.1 Å². The van der Waals surface area contributed by atoms with E-state index in [1.807, 2.05) is 0 Å². The zero-order chi connectivity index (χ0) is 15.9. The first-order valence-electron chi connectivity index (χ1n) is 7.17. The van der Waals surface area contributed by atoms with E-state index in [0.29, 0.717) is 24.3 Å². The van der Waals surface area contributed by atoms with E-state index in [0.717, 1.165) is 12.1 Å². The topological polar surface area (TPSA) is 47.6 Å². The summed E-state index contributed by atoms with van der Waals surface area (Å²) in [6.07, 6.45) is -4.30. The number of nitrogens with one attached hydrogen (secondary N) is 1. The molecule has 0 radical (unpaired) electrons. The van der Waals surface area contributed by atoms with Gasteiger partial charge in [0.15, 0.2) is 0 Å². The average molecular weight is 315 g/mol. The molecule has 1 fully saturated rings. The van der Waals surface area contributed by atoms with E-state index in [9.17, 15) is 18.0 Å². The number of carbonyl (C=O) groups excluding carboxylic acids is 1. The molecule has 1 saturated heterocycles. The molecule has 0 bridgehead atoms. The van der Waals surface area contributed by atoms with Crippen LogP contribution in [0.25, 0.3) is 0 Å². The highest BCUT2D eigenvalue weighted by atomic mass is 19.4. The van der Waals surface area contributed by atoms with Gasteiger partial charge in [-0.3, -0.25) is 0 Å². The Balaban J connectivity index is 1.97. The van der Waals surface area contributed by atoms with Gasteiger partial charge in [0.25, 0.3) is 0 Å². The van der Waals surface area contributed by atoms with Crippen LogP contribution in [0.3, 0.4) is 0 Å². The fourth-order valence-electron chi connectivity index (χ4n) is 3.11. The second kappa shape index (κ2) is 5.46. The van der Waals surface area contributed by atoms with Crippen molar-refractivity contribution in [3.05, 3.63) is 29.3 Å². The Labute approximate surface area is 125 Å². The standard InChI is InChI=1S/C15H16F3NO3/c1-2-21-14(20)12-9-5-6-22-13(9)10-7-8(15(16,17)18)3-4-11(10)19-12/h3-4,7,9,12-13,19H,2,5-6H2,1H3. The summed E-state index contributed by atoms with van der Waals surface area (Å²) in [5, 5.41) is 3.01. The monoisotopic (exact) mass is 315 g/mol. The van der Waals surface area contributed by atoms with Crippen LogP contribution in [-0.4, -0.2) is 25.2 Å². The molecule has 3 rings (SSSR count). The van der Waals surface area contributed by atoms with Gasteiger partial charge in [0, 0.05) is 23.8 Å². The number of alkyl halides is 3. The number of ether oxygens (including phenoxy) is 2. The van der Waals surface area contributed by atoms with Crippen LogP contribution in [-0.2, 0) is 20.4 Å². The van der Waals surface area contributed by atoms with Gasteiger partial charge in [-0.2, -0.15) is 13.2 Å². The summed E-state index contributed by atoms with van der Waals surface area (Å²) >= 11 is 0. The third-order valence-electron chi connectivity index (χ3n) is 4.10. The van der Waals surface area contributed by atoms with Crippen molar-refractivity contribution in [1.29, 1.82) is 0 Å². The number of fused-ring (bicyclic) bond motifs is 3. The number of halogens is 3. The lowest BCUT2D eigenvalue weighted by Gasteiger charge is -2.34. The summed E-state index contributed by atoms with van der Waals surface area (Å²) < 4.78 is 49.3. The summed E-state index contributed by atoms with van der Waals surface area (Å²) in [5.74, 6) is -0.608. The highest BCUT2D eigenvalue weighted by molar-refractivity contribution is 5.81. The zero-order valence-electron chi connectivity index (χ0n) is 11.9. The van der Waals surface area contributed by atoms with Gasteiger partial charge in [0.05, 0.1) is 18.3 Å². The van der Waals surface area contributed by atoms with Crippen molar-refractivity contribution < 1.29 is 27.4 Å². The SMILES string of the molecule is CCOC(=O)C1Nc2ccc(C(F)(F)F)cc2C2OCCC12. The summed E-state index contributed by atoms with van der Waals surface area (Å²) in [6.45, 7) is 2.39. The maximum Gasteiger partial charge on any atom is 0.416 e. The molecule has 1 N–H and O–H groups in total. The molecule has 4 nitrogen and oxygen atoms in total. The van der Waals surface area contributed by atoms with Gasteiger partial charge < -0.3 is 14.8 Å². The summed E-state index contributed by atoms with van der Waals surface area (Å²) in [6, 6.07) is 2.87. The molecule has 0 aromatic heterocycles.